The van der Waals surface area contributed by atoms with E-state index in [9.17, 15) is 14.9 Å². The minimum atomic E-state index is -0.649. The third-order valence-electron chi connectivity index (χ3n) is 3.01. The quantitative estimate of drug-likeness (QED) is 0.512. The van der Waals surface area contributed by atoms with Crippen LogP contribution in [0.4, 0.5) is 5.69 Å². The lowest BCUT2D eigenvalue weighted by Gasteiger charge is -2.16. The van der Waals surface area contributed by atoms with Crippen LogP contribution in [0.5, 0.6) is 0 Å². The van der Waals surface area contributed by atoms with E-state index in [1.807, 2.05) is 20.8 Å². The molecule has 104 valence electrons. The van der Waals surface area contributed by atoms with Crippen molar-refractivity contribution >= 4 is 23.2 Å². The van der Waals surface area contributed by atoms with Crippen LogP contribution in [0.2, 0.25) is 5.15 Å². The largest absolute Gasteiger partial charge is 0.352 e. The molecule has 6 nitrogen and oxygen atoms in total. The minimum absolute atomic E-state index is 0.0488. The van der Waals surface area contributed by atoms with E-state index in [2.05, 4.69) is 10.3 Å². The normalized spacial score (nSPS) is 12.3. The number of carbonyl (C=O) groups is 1. The van der Waals surface area contributed by atoms with E-state index in [0.29, 0.717) is 12.5 Å². The van der Waals surface area contributed by atoms with E-state index in [0.717, 1.165) is 6.20 Å². The zero-order chi connectivity index (χ0) is 14.6. The van der Waals surface area contributed by atoms with E-state index in [1.165, 1.54) is 6.07 Å². The second-order valence-electron chi connectivity index (χ2n) is 4.71. The van der Waals surface area contributed by atoms with Gasteiger partial charge in [-0.15, -0.1) is 0 Å². The van der Waals surface area contributed by atoms with Crippen molar-refractivity contribution < 1.29 is 9.72 Å². The lowest BCUT2D eigenvalue weighted by Crippen LogP contribution is -2.30. The summed E-state index contributed by atoms with van der Waals surface area (Å²) < 4.78 is 0. The number of halogens is 1. The highest BCUT2D eigenvalue weighted by atomic mass is 35.5. The average molecular weight is 286 g/mol. The minimum Gasteiger partial charge on any atom is -0.352 e. The Balaban J connectivity index is 2.87. The van der Waals surface area contributed by atoms with Gasteiger partial charge in [-0.25, -0.2) is 4.98 Å². The second-order valence-corrected chi connectivity index (χ2v) is 5.10. The summed E-state index contributed by atoms with van der Waals surface area (Å²) in [6.07, 6.45) is 0.989. The lowest BCUT2D eigenvalue weighted by atomic mass is 9.98. The SMILES string of the molecule is CC(C)C(C)CNC(=O)c1cc(Cl)ncc1[N+](=O)[O-]. The summed E-state index contributed by atoms with van der Waals surface area (Å²) in [5, 5.41) is 13.5. The molecule has 1 atom stereocenters. The van der Waals surface area contributed by atoms with Crippen molar-refractivity contribution in [3.63, 3.8) is 0 Å². The van der Waals surface area contributed by atoms with Crippen molar-refractivity contribution in [1.29, 1.82) is 0 Å². The van der Waals surface area contributed by atoms with Crippen LogP contribution >= 0.6 is 11.6 Å². The summed E-state index contributed by atoms with van der Waals surface area (Å²) in [6.45, 7) is 6.54. The highest BCUT2D eigenvalue weighted by molar-refractivity contribution is 6.29. The van der Waals surface area contributed by atoms with Gasteiger partial charge in [0.15, 0.2) is 0 Å². The van der Waals surface area contributed by atoms with Crippen LogP contribution < -0.4 is 5.32 Å². The maximum absolute atomic E-state index is 11.9. The molecule has 0 aliphatic rings. The number of carbonyl (C=O) groups excluding carboxylic acids is 1. The molecule has 0 aromatic carbocycles. The lowest BCUT2D eigenvalue weighted by molar-refractivity contribution is -0.385. The van der Waals surface area contributed by atoms with Gasteiger partial charge in [0.05, 0.1) is 4.92 Å². The first kappa shape index (κ1) is 15.4. The van der Waals surface area contributed by atoms with Crippen molar-refractivity contribution in [3.05, 3.63) is 33.1 Å². The maximum atomic E-state index is 11.9. The van der Waals surface area contributed by atoms with Crippen LogP contribution in [0.15, 0.2) is 12.3 Å². The molecule has 0 spiro atoms. The van der Waals surface area contributed by atoms with E-state index in [1.54, 1.807) is 0 Å². The molecule has 0 saturated carbocycles. The predicted molar refractivity (Wildman–Crippen MR) is 72.2 cm³/mol. The zero-order valence-corrected chi connectivity index (χ0v) is 11.8. The van der Waals surface area contributed by atoms with Gasteiger partial charge in [-0.1, -0.05) is 32.4 Å². The molecule has 0 saturated heterocycles. The molecule has 1 unspecified atom stereocenters. The van der Waals surface area contributed by atoms with Crippen molar-refractivity contribution in [2.75, 3.05) is 6.54 Å². The molecule has 19 heavy (non-hydrogen) atoms. The van der Waals surface area contributed by atoms with Gasteiger partial charge in [0.1, 0.15) is 16.9 Å². The maximum Gasteiger partial charge on any atom is 0.300 e. The van der Waals surface area contributed by atoms with Crippen LogP contribution in [0, 0.1) is 22.0 Å². The monoisotopic (exact) mass is 285 g/mol. The molecule has 1 N–H and O–H groups in total. The molecule has 1 rings (SSSR count). The molecule has 0 bridgehead atoms. The van der Waals surface area contributed by atoms with Gasteiger partial charge in [0, 0.05) is 6.54 Å². The number of pyridine rings is 1. The van der Waals surface area contributed by atoms with Crippen LogP contribution in [-0.2, 0) is 0 Å². The predicted octanol–water partition coefficient (Wildman–Crippen LogP) is 2.67. The highest BCUT2D eigenvalue weighted by Crippen LogP contribution is 2.20. The summed E-state index contributed by atoms with van der Waals surface area (Å²) >= 11 is 5.67. The van der Waals surface area contributed by atoms with Crippen LogP contribution in [0.1, 0.15) is 31.1 Å². The van der Waals surface area contributed by atoms with Gasteiger partial charge in [0.25, 0.3) is 11.6 Å². The standard InChI is InChI=1S/C12H16ClN3O3/c1-7(2)8(3)5-15-12(17)9-4-11(13)14-6-10(9)16(18)19/h4,6-8H,5H2,1-3H3,(H,15,17). The topological polar surface area (TPSA) is 85.1 Å². The van der Waals surface area contributed by atoms with Crippen LogP contribution in [0.3, 0.4) is 0 Å². The number of aromatic nitrogens is 1. The number of hydrogen-bond acceptors (Lipinski definition) is 4. The van der Waals surface area contributed by atoms with E-state index >= 15 is 0 Å². The third-order valence-corrected chi connectivity index (χ3v) is 3.22. The Morgan fingerprint density at radius 3 is 2.68 bits per heavy atom. The summed E-state index contributed by atoms with van der Waals surface area (Å²) in [6, 6.07) is 1.20. The summed E-state index contributed by atoms with van der Waals surface area (Å²) in [5.41, 5.74) is -0.417. The molecule has 0 aliphatic heterocycles. The van der Waals surface area contributed by atoms with Crippen molar-refractivity contribution in [3.8, 4) is 0 Å². The van der Waals surface area contributed by atoms with Crippen LogP contribution in [0.25, 0.3) is 0 Å². The molecular formula is C12H16ClN3O3. The van der Waals surface area contributed by atoms with E-state index in [-0.39, 0.29) is 22.3 Å². The second kappa shape index (κ2) is 6.47. The van der Waals surface area contributed by atoms with E-state index < -0.39 is 10.8 Å². The van der Waals surface area contributed by atoms with E-state index in [4.69, 9.17) is 11.6 Å². The fraction of sp³-hybridized carbons (Fsp3) is 0.500. The molecule has 7 heteroatoms. The molecule has 1 heterocycles. The molecule has 1 amide bonds. The fourth-order valence-corrected chi connectivity index (χ4v) is 1.49. The van der Waals surface area contributed by atoms with Crippen molar-refractivity contribution in [2.45, 2.75) is 20.8 Å². The fourth-order valence-electron chi connectivity index (χ4n) is 1.33. The Morgan fingerprint density at radius 2 is 2.16 bits per heavy atom. The molecule has 1 aromatic rings. The molecular weight excluding hydrogens is 270 g/mol. The Hall–Kier alpha value is -1.69. The Labute approximate surface area is 116 Å². The van der Waals surface area contributed by atoms with Gasteiger partial charge in [-0.3, -0.25) is 14.9 Å². The van der Waals surface area contributed by atoms with Gasteiger partial charge in [-0.2, -0.15) is 0 Å². The molecule has 0 radical (unpaired) electrons. The Morgan fingerprint density at radius 1 is 1.53 bits per heavy atom. The number of nitro groups is 1. The number of hydrogen-bond donors (Lipinski definition) is 1. The Bertz CT molecular complexity index is 491. The number of nitrogens with one attached hydrogen (secondary N) is 1. The number of nitrogens with zero attached hydrogens (tertiary/aromatic N) is 2. The smallest absolute Gasteiger partial charge is 0.300 e. The van der Waals surface area contributed by atoms with Gasteiger partial charge in [0.2, 0.25) is 0 Å². The highest BCUT2D eigenvalue weighted by Gasteiger charge is 2.21. The average Bonchev–Trinajstić information content (AvgIpc) is 2.34. The zero-order valence-electron chi connectivity index (χ0n) is 11.0. The summed E-state index contributed by atoms with van der Waals surface area (Å²) in [7, 11) is 0. The van der Waals surface area contributed by atoms with Gasteiger partial charge in [-0.05, 0) is 17.9 Å². The number of rotatable bonds is 5. The first-order chi connectivity index (χ1) is 8.82. The van der Waals surface area contributed by atoms with Crippen LogP contribution in [-0.4, -0.2) is 22.4 Å². The summed E-state index contributed by atoms with van der Waals surface area (Å²) in [5.74, 6) is 0.181. The third kappa shape index (κ3) is 4.17. The molecule has 1 aromatic heterocycles. The number of amides is 1. The molecule has 0 fully saturated rings. The van der Waals surface area contributed by atoms with Crippen molar-refractivity contribution in [1.82, 2.24) is 10.3 Å². The van der Waals surface area contributed by atoms with Crippen molar-refractivity contribution in [2.24, 2.45) is 11.8 Å². The summed E-state index contributed by atoms with van der Waals surface area (Å²) in [4.78, 5) is 25.7. The molecule has 0 aliphatic carbocycles. The first-order valence-corrected chi connectivity index (χ1v) is 6.28. The Kier molecular flexibility index (Phi) is 5.23. The van der Waals surface area contributed by atoms with Gasteiger partial charge >= 0.3 is 0 Å². The van der Waals surface area contributed by atoms with Gasteiger partial charge < -0.3 is 5.32 Å². The first-order valence-electron chi connectivity index (χ1n) is 5.91.